The van der Waals surface area contributed by atoms with Crippen LogP contribution in [0.2, 0.25) is 0 Å². The first-order chi connectivity index (χ1) is 15.2. The molecule has 2 aromatic heterocycles. The standard InChI is InChI=1S/C24H21N5O2/c1-2-31-22-10-8-19(9-11-22)24(30)27-26-16-20-17-29(21-6-4-3-5-7-21)28-23(20)18-12-14-25-15-13-18/h3-17H,2H2,1H3,(H,27,30)/b26-16-. The molecule has 0 saturated heterocycles. The van der Waals surface area contributed by atoms with Gasteiger partial charge in [0, 0.05) is 35.3 Å². The number of amides is 1. The summed E-state index contributed by atoms with van der Waals surface area (Å²) in [6.07, 6.45) is 6.89. The largest absolute Gasteiger partial charge is 0.494 e. The number of ether oxygens (including phenoxy) is 1. The summed E-state index contributed by atoms with van der Waals surface area (Å²) in [5.74, 6) is 0.415. The number of hydrogen-bond acceptors (Lipinski definition) is 5. The number of hydrazone groups is 1. The van der Waals surface area contributed by atoms with Crippen molar-refractivity contribution in [2.24, 2.45) is 5.10 Å². The fourth-order valence-electron chi connectivity index (χ4n) is 3.02. The maximum absolute atomic E-state index is 12.4. The lowest BCUT2D eigenvalue weighted by Gasteiger charge is -2.04. The van der Waals surface area contributed by atoms with E-state index in [0.29, 0.717) is 12.2 Å². The Labute approximate surface area is 180 Å². The molecule has 0 saturated carbocycles. The van der Waals surface area contributed by atoms with Crippen molar-refractivity contribution < 1.29 is 9.53 Å². The molecule has 31 heavy (non-hydrogen) atoms. The molecule has 2 heterocycles. The number of aromatic nitrogens is 3. The topological polar surface area (TPSA) is 81.4 Å². The molecule has 1 amide bonds. The van der Waals surface area contributed by atoms with Gasteiger partial charge >= 0.3 is 0 Å². The van der Waals surface area contributed by atoms with Gasteiger partial charge in [0.2, 0.25) is 0 Å². The smallest absolute Gasteiger partial charge is 0.271 e. The molecule has 0 spiro atoms. The third-order valence-electron chi connectivity index (χ3n) is 4.51. The van der Waals surface area contributed by atoms with E-state index in [1.54, 1.807) is 47.6 Å². The molecule has 0 fully saturated rings. The van der Waals surface area contributed by atoms with Crippen LogP contribution >= 0.6 is 0 Å². The minimum Gasteiger partial charge on any atom is -0.494 e. The van der Waals surface area contributed by atoms with Crippen molar-refractivity contribution in [3.63, 3.8) is 0 Å². The SMILES string of the molecule is CCOc1ccc(C(=O)N/N=C\c2cn(-c3ccccc3)nc2-c2ccncc2)cc1. The zero-order valence-corrected chi connectivity index (χ0v) is 17.0. The average molecular weight is 411 g/mol. The zero-order valence-electron chi connectivity index (χ0n) is 17.0. The van der Waals surface area contributed by atoms with Crippen molar-refractivity contribution in [3.05, 3.63) is 96.4 Å². The van der Waals surface area contributed by atoms with Gasteiger partial charge < -0.3 is 4.74 Å². The van der Waals surface area contributed by atoms with Crippen LogP contribution < -0.4 is 10.2 Å². The van der Waals surface area contributed by atoms with Crippen LogP contribution in [0.25, 0.3) is 16.9 Å². The van der Waals surface area contributed by atoms with Crippen LogP contribution in [0.1, 0.15) is 22.8 Å². The Hall–Kier alpha value is -4.26. The predicted octanol–water partition coefficient (Wildman–Crippen LogP) is 4.10. The maximum Gasteiger partial charge on any atom is 0.271 e. The second kappa shape index (κ2) is 9.49. The number of carbonyl (C=O) groups is 1. The second-order valence-electron chi connectivity index (χ2n) is 6.61. The first-order valence-electron chi connectivity index (χ1n) is 9.86. The van der Waals surface area contributed by atoms with Crippen LogP contribution in [0.15, 0.2) is 90.4 Å². The van der Waals surface area contributed by atoms with E-state index in [9.17, 15) is 4.79 Å². The number of nitrogens with one attached hydrogen (secondary N) is 1. The van der Waals surface area contributed by atoms with Crippen molar-refractivity contribution >= 4 is 12.1 Å². The van der Waals surface area contributed by atoms with Gasteiger partial charge in [0.25, 0.3) is 5.91 Å². The fraction of sp³-hybridized carbons (Fsp3) is 0.0833. The molecule has 0 aliphatic carbocycles. The van der Waals surface area contributed by atoms with Crippen molar-refractivity contribution in [2.45, 2.75) is 6.92 Å². The van der Waals surface area contributed by atoms with Crippen LogP contribution in [0.4, 0.5) is 0 Å². The first kappa shape index (κ1) is 20.0. The van der Waals surface area contributed by atoms with E-state index < -0.39 is 0 Å². The highest BCUT2D eigenvalue weighted by Gasteiger charge is 2.11. The van der Waals surface area contributed by atoms with Crippen LogP contribution in [0.3, 0.4) is 0 Å². The lowest BCUT2D eigenvalue weighted by molar-refractivity contribution is 0.0955. The molecule has 0 atom stereocenters. The maximum atomic E-state index is 12.4. The van der Waals surface area contributed by atoms with Gasteiger partial charge in [-0.2, -0.15) is 10.2 Å². The van der Waals surface area contributed by atoms with Gasteiger partial charge in [0.1, 0.15) is 11.4 Å². The second-order valence-corrected chi connectivity index (χ2v) is 6.61. The van der Waals surface area contributed by atoms with Gasteiger partial charge in [-0.1, -0.05) is 18.2 Å². The van der Waals surface area contributed by atoms with Crippen molar-refractivity contribution in [2.75, 3.05) is 6.61 Å². The zero-order chi connectivity index (χ0) is 21.5. The van der Waals surface area contributed by atoms with E-state index in [1.807, 2.05) is 55.6 Å². The van der Waals surface area contributed by atoms with Crippen LogP contribution in [0.5, 0.6) is 5.75 Å². The number of carbonyl (C=O) groups excluding carboxylic acids is 1. The van der Waals surface area contributed by atoms with Gasteiger partial charge in [-0.3, -0.25) is 9.78 Å². The van der Waals surface area contributed by atoms with Crippen LogP contribution in [-0.2, 0) is 0 Å². The van der Waals surface area contributed by atoms with E-state index >= 15 is 0 Å². The summed E-state index contributed by atoms with van der Waals surface area (Å²) >= 11 is 0. The fourth-order valence-corrected chi connectivity index (χ4v) is 3.02. The predicted molar refractivity (Wildman–Crippen MR) is 119 cm³/mol. The Bertz CT molecular complexity index is 1170. The summed E-state index contributed by atoms with van der Waals surface area (Å²) in [5, 5.41) is 8.85. The van der Waals surface area contributed by atoms with Gasteiger partial charge in [-0.25, -0.2) is 10.1 Å². The molecule has 1 N–H and O–H groups in total. The lowest BCUT2D eigenvalue weighted by atomic mass is 10.1. The molecule has 7 nitrogen and oxygen atoms in total. The molecule has 0 aliphatic rings. The molecule has 4 rings (SSSR count). The molecule has 0 unspecified atom stereocenters. The molecule has 0 bridgehead atoms. The summed E-state index contributed by atoms with van der Waals surface area (Å²) < 4.78 is 7.18. The van der Waals surface area contributed by atoms with E-state index in [2.05, 4.69) is 15.5 Å². The van der Waals surface area contributed by atoms with Gasteiger partial charge in [-0.05, 0) is 55.5 Å². The van der Waals surface area contributed by atoms with Crippen LogP contribution in [0, 0.1) is 0 Å². The third-order valence-corrected chi connectivity index (χ3v) is 4.51. The number of rotatable bonds is 7. The average Bonchev–Trinajstić information content (AvgIpc) is 3.25. The van der Waals surface area contributed by atoms with Crippen LogP contribution in [-0.4, -0.2) is 33.5 Å². The Balaban J connectivity index is 1.56. The molecule has 154 valence electrons. The molecule has 0 aliphatic heterocycles. The summed E-state index contributed by atoms with van der Waals surface area (Å²) in [4.78, 5) is 16.5. The van der Waals surface area contributed by atoms with E-state index in [4.69, 9.17) is 9.84 Å². The minimum atomic E-state index is -0.305. The summed E-state index contributed by atoms with van der Waals surface area (Å²) in [6, 6.07) is 20.5. The van der Waals surface area contributed by atoms with Gasteiger partial charge in [0.15, 0.2) is 0 Å². The van der Waals surface area contributed by atoms with Crippen molar-refractivity contribution in [1.29, 1.82) is 0 Å². The van der Waals surface area contributed by atoms with E-state index in [0.717, 1.165) is 28.3 Å². The monoisotopic (exact) mass is 411 g/mol. The number of benzene rings is 2. The minimum absolute atomic E-state index is 0.305. The molecular weight excluding hydrogens is 390 g/mol. The molecule has 7 heteroatoms. The molecule has 4 aromatic rings. The highest BCUT2D eigenvalue weighted by Crippen LogP contribution is 2.22. The molecule has 2 aromatic carbocycles. The number of para-hydroxylation sites is 1. The Morgan fingerprint density at radius 1 is 1.06 bits per heavy atom. The highest BCUT2D eigenvalue weighted by atomic mass is 16.5. The number of pyridine rings is 1. The van der Waals surface area contributed by atoms with Gasteiger partial charge in [-0.15, -0.1) is 0 Å². The third kappa shape index (κ3) is 4.84. The Morgan fingerprint density at radius 2 is 1.81 bits per heavy atom. The van der Waals surface area contributed by atoms with E-state index in [-0.39, 0.29) is 5.91 Å². The number of nitrogens with zero attached hydrogens (tertiary/aromatic N) is 4. The molecular formula is C24H21N5O2. The first-order valence-corrected chi connectivity index (χ1v) is 9.86. The highest BCUT2D eigenvalue weighted by molar-refractivity contribution is 5.95. The van der Waals surface area contributed by atoms with E-state index in [1.165, 1.54) is 0 Å². The summed E-state index contributed by atoms with van der Waals surface area (Å²) in [5.41, 5.74) is 6.40. The Morgan fingerprint density at radius 3 is 2.52 bits per heavy atom. The van der Waals surface area contributed by atoms with Crippen molar-refractivity contribution in [1.82, 2.24) is 20.2 Å². The lowest BCUT2D eigenvalue weighted by Crippen LogP contribution is -2.17. The number of hydrogen-bond donors (Lipinski definition) is 1. The quantitative estimate of drug-likeness (QED) is 0.367. The summed E-state index contributed by atoms with van der Waals surface area (Å²) in [6.45, 7) is 2.49. The van der Waals surface area contributed by atoms with Crippen molar-refractivity contribution in [3.8, 4) is 22.7 Å². The van der Waals surface area contributed by atoms with Gasteiger partial charge in [0.05, 0.1) is 18.5 Å². The summed E-state index contributed by atoms with van der Waals surface area (Å²) in [7, 11) is 0. The normalized spacial score (nSPS) is 10.9. The molecule has 0 radical (unpaired) electrons. The Kier molecular flexibility index (Phi) is 6.13.